The van der Waals surface area contributed by atoms with Gasteiger partial charge in [0.15, 0.2) is 0 Å². The minimum absolute atomic E-state index is 0.725. The van der Waals surface area contributed by atoms with Gasteiger partial charge in [0, 0.05) is 5.69 Å². The van der Waals surface area contributed by atoms with Gasteiger partial charge in [-0.25, -0.2) is 0 Å². The number of hydrogen-bond donors (Lipinski definition) is 1. The van der Waals surface area contributed by atoms with Gasteiger partial charge in [-0.15, -0.1) is 0 Å². The van der Waals surface area contributed by atoms with E-state index in [1.807, 2.05) is 12.1 Å². The highest BCUT2D eigenvalue weighted by atomic mass is 16.5. The van der Waals surface area contributed by atoms with Crippen molar-refractivity contribution in [2.45, 2.75) is 33.2 Å². The predicted octanol–water partition coefficient (Wildman–Crippen LogP) is 2.45. The first-order valence-electron chi connectivity index (χ1n) is 7.01. The molecule has 2 aromatic rings. The maximum atomic E-state index is 5.60. The van der Waals surface area contributed by atoms with Gasteiger partial charge in [-0.3, -0.25) is 4.68 Å². The van der Waals surface area contributed by atoms with Crippen LogP contribution in [0.5, 0.6) is 5.75 Å². The average molecular weight is 273 g/mol. The van der Waals surface area contributed by atoms with Crippen LogP contribution < -0.4 is 10.5 Å². The fourth-order valence-corrected chi connectivity index (χ4v) is 2.43. The molecule has 108 valence electrons. The molecule has 0 aliphatic carbocycles. The first kappa shape index (κ1) is 14.6. The largest absolute Gasteiger partial charge is 0.497 e. The van der Waals surface area contributed by atoms with Crippen molar-refractivity contribution >= 4 is 0 Å². The van der Waals surface area contributed by atoms with Crippen LogP contribution in [0.3, 0.4) is 0 Å². The number of ether oxygens (including phenoxy) is 1. The van der Waals surface area contributed by atoms with Gasteiger partial charge < -0.3 is 10.5 Å². The Labute approximate surface area is 120 Å². The molecule has 0 amide bonds. The second-order valence-electron chi connectivity index (χ2n) is 5.05. The molecular formula is C16H23N3O. The molecule has 2 N–H and O–H groups in total. The van der Waals surface area contributed by atoms with Gasteiger partial charge in [0.05, 0.1) is 19.3 Å². The standard InChI is InChI=1S/C16H23N3O/c1-12-16(5-4-10-17)13(2)19(18-12)11-14-6-8-15(20-3)9-7-14/h6-9H,4-5,10-11,17H2,1-3H3. The van der Waals surface area contributed by atoms with Crippen molar-refractivity contribution < 1.29 is 4.74 Å². The van der Waals surface area contributed by atoms with E-state index in [0.29, 0.717) is 0 Å². The molecular weight excluding hydrogens is 250 g/mol. The van der Waals surface area contributed by atoms with Crippen molar-refractivity contribution in [3.63, 3.8) is 0 Å². The third-order valence-corrected chi connectivity index (χ3v) is 3.65. The Morgan fingerprint density at radius 3 is 2.50 bits per heavy atom. The quantitative estimate of drug-likeness (QED) is 0.879. The molecule has 1 aromatic carbocycles. The van der Waals surface area contributed by atoms with E-state index < -0.39 is 0 Å². The molecule has 1 heterocycles. The Morgan fingerprint density at radius 2 is 1.90 bits per heavy atom. The molecule has 1 aromatic heterocycles. The molecule has 0 saturated carbocycles. The zero-order chi connectivity index (χ0) is 14.5. The third-order valence-electron chi connectivity index (χ3n) is 3.65. The number of nitrogens with zero attached hydrogens (tertiary/aromatic N) is 2. The molecule has 0 aliphatic heterocycles. The summed E-state index contributed by atoms with van der Waals surface area (Å²) in [6.45, 7) is 5.72. The van der Waals surface area contributed by atoms with Gasteiger partial charge in [0.25, 0.3) is 0 Å². The zero-order valence-corrected chi connectivity index (χ0v) is 12.5. The Kier molecular flexibility index (Phi) is 4.79. The van der Waals surface area contributed by atoms with E-state index in [0.717, 1.165) is 37.4 Å². The van der Waals surface area contributed by atoms with Crippen LogP contribution in [-0.4, -0.2) is 23.4 Å². The van der Waals surface area contributed by atoms with Crippen LogP contribution in [0.15, 0.2) is 24.3 Å². The average Bonchev–Trinajstić information content (AvgIpc) is 2.72. The summed E-state index contributed by atoms with van der Waals surface area (Å²) < 4.78 is 7.25. The number of methoxy groups -OCH3 is 1. The molecule has 0 fully saturated rings. The highest BCUT2D eigenvalue weighted by Gasteiger charge is 2.11. The second kappa shape index (κ2) is 6.57. The molecule has 0 spiro atoms. The first-order chi connectivity index (χ1) is 9.65. The monoisotopic (exact) mass is 273 g/mol. The minimum Gasteiger partial charge on any atom is -0.497 e. The van der Waals surface area contributed by atoms with E-state index in [2.05, 4.69) is 35.8 Å². The Bertz CT molecular complexity index is 558. The summed E-state index contributed by atoms with van der Waals surface area (Å²) in [5.41, 5.74) is 10.5. The first-order valence-corrected chi connectivity index (χ1v) is 7.01. The molecule has 0 saturated heterocycles. The number of nitrogens with two attached hydrogens (primary N) is 1. The molecule has 4 nitrogen and oxygen atoms in total. The summed E-state index contributed by atoms with van der Waals surface area (Å²) in [5.74, 6) is 0.880. The summed E-state index contributed by atoms with van der Waals surface area (Å²) in [5, 5.41) is 4.65. The summed E-state index contributed by atoms with van der Waals surface area (Å²) >= 11 is 0. The lowest BCUT2D eigenvalue weighted by atomic mass is 10.1. The number of aryl methyl sites for hydroxylation is 1. The Balaban J connectivity index is 2.16. The molecule has 4 heteroatoms. The van der Waals surface area contributed by atoms with Crippen LogP contribution in [0.2, 0.25) is 0 Å². The third kappa shape index (κ3) is 3.20. The summed E-state index contributed by atoms with van der Waals surface area (Å²) in [6.07, 6.45) is 2.02. The van der Waals surface area contributed by atoms with Gasteiger partial charge in [-0.2, -0.15) is 5.10 Å². The fourth-order valence-electron chi connectivity index (χ4n) is 2.43. The van der Waals surface area contributed by atoms with Gasteiger partial charge in [-0.1, -0.05) is 12.1 Å². The predicted molar refractivity (Wildman–Crippen MR) is 81.2 cm³/mol. The van der Waals surface area contributed by atoms with Crippen molar-refractivity contribution in [3.05, 3.63) is 46.8 Å². The second-order valence-corrected chi connectivity index (χ2v) is 5.05. The number of hydrogen-bond acceptors (Lipinski definition) is 3. The smallest absolute Gasteiger partial charge is 0.118 e. The zero-order valence-electron chi connectivity index (χ0n) is 12.5. The van der Waals surface area contributed by atoms with Crippen molar-refractivity contribution in [1.29, 1.82) is 0 Å². The summed E-state index contributed by atoms with van der Waals surface area (Å²) in [6, 6.07) is 8.12. The maximum absolute atomic E-state index is 5.60. The molecule has 0 unspecified atom stereocenters. The topological polar surface area (TPSA) is 53.1 Å². The molecule has 20 heavy (non-hydrogen) atoms. The SMILES string of the molecule is COc1ccc(Cn2nc(C)c(CCCN)c2C)cc1. The lowest BCUT2D eigenvalue weighted by Crippen LogP contribution is -2.05. The van der Waals surface area contributed by atoms with Crippen LogP contribution in [0.25, 0.3) is 0 Å². The van der Waals surface area contributed by atoms with Crippen molar-refractivity contribution in [3.8, 4) is 5.75 Å². The Morgan fingerprint density at radius 1 is 1.20 bits per heavy atom. The lowest BCUT2D eigenvalue weighted by Gasteiger charge is -2.07. The van der Waals surface area contributed by atoms with Crippen molar-refractivity contribution in [2.75, 3.05) is 13.7 Å². The van der Waals surface area contributed by atoms with Crippen LogP contribution in [-0.2, 0) is 13.0 Å². The van der Waals surface area contributed by atoms with Crippen LogP contribution in [0.4, 0.5) is 0 Å². The van der Waals surface area contributed by atoms with E-state index in [9.17, 15) is 0 Å². The molecule has 0 atom stereocenters. The van der Waals surface area contributed by atoms with E-state index in [-0.39, 0.29) is 0 Å². The van der Waals surface area contributed by atoms with Crippen LogP contribution in [0, 0.1) is 13.8 Å². The van der Waals surface area contributed by atoms with E-state index in [1.54, 1.807) is 7.11 Å². The van der Waals surface area contributed by atoms with Crippen LogP contribution in [0.1, 0.15) is 28.9 Å². The van der Waals surface area contributed by atoms with Gasteiger partial charge in [0.2, 0.25) is 0 Å². The molecule has 0 bridgehead atoms. The van der Waals surface area contributed by atoms with E-state index >= 15 is 0 Å². The molecule has 2 rings (SSSR count). The fraction of sp³-hybridized carbons (Fsp3) is 0.438. The number of rotatable bonds is 6. The minimum atomic E-state index is 0.725. The maximum Gasteiger partial charge on any atom is 0.118 e. The van der Waals surface area contributed by atoms with Gasteiger partial charge in [-0.05, 0) is 56.5 Å². The Hall–Kier alpha value is -1.81. The highest BCUT2D eigenvalue weighted by molar-refractivity contribution is 5.29. The number of aromatic nitrogens is 2. The highest BCUT2D eigenvalue weighted by Crippen LogP contribution is 2.17. The van der Waals surface area contributed by atoms with Gasteiger partial charge in [0.1, 0.15) is 5.75 Å². The van der Waals surface area contributed by atoms with E-state index in [1.165, 1.54) is 16.8 Å². The number of benzene rings is 1. The molecule has 0 aliphatic rings. The lowest BCUT2D eigenvalue weighted by molar-refractivity contribution is 0.414. The summed E-state index contributed by atoms with van der Waals surface area (Å²) in [4.78, 5) is 0. The molecule has 0 radical (unpaired) electrons. The van der Waals surface area contributed by atoms with E-state index in [4.69, 9.17) is 10.5 Å². The van der Waals surface area contributed by atoms with Crippen molar-refractivity contribution in [1.82, 2.24) is 9.78 Å². The normalized spacial score (nSPS) is 10.8. The summed E-state index contributed by atoms with van der Waals surface area (Å²) in [7, 11) is 1.68. The van der Waals surface area contributed by atoms with Gasteiger partial charge >= 0.3 is 0 Å². The van der Waals surface area contributed by atoms with Crippen molar-refractivity contribution in [2.24, 2.45) is 5.73 Å². The van der Waals surface area contributed by atoms with Crippen LogP contribution >= 0.6 is 0 Å².